The van der Waals surface area contributed by atoms with Crippen molar-refractivity contribution in [3.8, 4) is 11.4 Å². The molecule has 0 saturated carbocycles. The molecule has 0 N–H and O–H groups in total. The van der Waals surface area contributed by atoms with E-state index < -0.39 is 0 Å². The van der Waals surface area contributed by atoms with Gasteiger partial charge in [-0.05, 0) is 30.2 Å². The minimum Gasteiger partial charge on any atom is -0.254 e. The standard InChI is InChI=1S/C13H13FN2/c1-2-4-10-5-3-8-15-13(10)12-7-6-11(14)9-16-12/h3,5-9H,2,4H2,1H3. The molecule has 2 aromatic heterocycles. The van der Waals surface area contributed by atoms with Crippen LogP contribution in [0.2, 0.25) is 0 Å². The Labute approximate surface area is 94.2 Å². The van der Waals surface area contributed by atoms with Gasteiger partial charge in [-0.3, -0.25) is 9.97 Å². The number of pyridine rings is 2. The van der Waals surface area contributed by atoms with Crippen molar-refractivity contribution in [3.05, 3.63) is 48.0 Å². The number of nitrogens with zero attached hydrogens (tertiary/aromatic N) is 2. The largest absolute Gasteiger partial charge is 0.254 e. The first-order chi connectivity index (χ1) is 7.81. The van der Waals surface area contributed by atoms with Crippen LogP contribution in [0.25, 0.3) is 11.4 Å². The van der Waals surface area contributed by atoms with Gasteiger partial charge in [0.1, 0.15) is 5.82 Å². The lowest BCUT2D eigenvalue weighted by atomic mass is 10.1. The summed E-state index contributed by atoms with van der Waals surface area (Å²) in [7, 11) is 0. The molecule has 0 aliphatic rings. The molecule has 0 bridgehead atoms. The van der Waals surface area contributed by atoms with E-state index in [1.165, 1.54) is 12.3 Å². The van der Waals surface area contributed by atoms with Crippen LogP contribution in [0.3, 0.4) is 0 Å². The lowest BCUT2D eigenvalue weighted by Gasteiger charge is -2.06. The molecule has 0 aliphatic carbocycles. The molecular weight excluding hydrogens is 203 g/mol. The highest BCUT2D eigenvalue weighted by Gasteiger charge is 2.06. The van der Waals surface area contributed by atoms with Gasteiger partial charge in [-0.1, -0.05) is 19.4 Å². The predicted octanol–water partition coefficient (Wildman–Crippen LogP) is 3.24. The predicted molar refractivity (Wildman–Crippen MR) is 61.4 cm³/mol. The fourth-order valence-electron chi connectivity index (χ4n) is 1.66. The summed E-state index contributed by atoms with van der Waals surface area (Å²) < 4.78 is 12.8. The average molecular weight is 216 g/mol. The Bertz CT molecular complexity index is 466. The maximum absolute atomic E-state index is 12.8. The van der Waals surface area contributed by atoms with Crippen molar-refractivity contribution < 1.29 is 4.39 Å². The molecule has 2 heterocycles. The molecule has 2 aromatic rings. The molecule has 16 heavy (non-hydrogen) atoms. The van der Waals surface area contributed by atoms with Crippen molar-refractivity contribution in [2.24, 2.45) is 0 Å². The van der Waals surface area contributed by atoms with E-state index in [1.54, 1.807) is 12.3 Å². The van der Waals surface area contributed by atoms with E-state index in [1.807, 2.05) is 12.1 Å². The zero-order valence-corrected chi connectivity index (χ0v) is 9.15. The minimum absolute atomic E-state index is 0.322. The molecule has 0 saturated heterocycles. The summed E-state index contributed by atoms with van der Waals surface area (Å²) >= 11 is 0. The van der Waals surface area contributed by atoms with Crippen LogP contribution in [0, 0.1) is 5.82 Å². The highest BCUT2D eigenvalue weighted by atomic mass is 19.1. The Kier molecular flexibility index (Phi) is 3.25. The molecule has 0 aromatic carbocycles. The fraction of sp³-hybridized carbons (Fsp3) is 0.231. The maximum Gasteiger partial charge on any atom is 0.141 e. The highest BCUT2D eigenvalue weighted by molar-refractivity contribution is 5.58. The van der Waals surface area contributed by atoms with Crippen LogP contribution >= 0.6 is 0 Å². The first kappa shape index (κ1) is 10.7. The van der Waals surface area contributed by atoms with Crippen molar-refractivity contribution in [2.75, 3.05) is 0 Å². The number of aromatic nitrogens is 2. The minimum atomic E-state index is -0.322. The summed E-state index contributed by atoms with van der Waals surface area (Å²) in [6.45, 7) is 2.12. The summed E-state index contributed by atoms with van der Waals surface area (Å²) in [5, 5.41) is 0. The summed E-state index contributed by atoms with van der Waals surface area (Å²) in [4.78, 5) is 8.37. The van der Waals surface area contributed by atoms with E-state index in [9.17, 15) is 4.39 Å². The van der Waals surface area contributed by atoms with Gasteiger partial charge in [0.25, 0.3) is 0 Å². The second-order valence-electron chi connectivity index (χ2n) is 3.62. The Morgan fingerprint density at radius 2 is 2.06 bits per heavy atom. The molecule has 0 atom stereocenters. The SMILES string of the molecule is CCCc1cccnc1-c1ccc(F)cn1. The van der Waals surface area contributed by atoms with Crippen molar-refractivity contribution in [2.45, 2.75) is 19.8 Å². The quantitative estimate of drug-likeness (QED) is 0.787. The molecule has 2 rings (SSSR count). The van der Waals surface area contributed by atoms with Crippen molar-refractivity contribution in [1.82, 2.24) is 9.97 Å². The maximum atomic E-state index is 12.8. The molecule has 2 nitrogen and oxygen atoms in total. The van der Waals surface area contributed by atoms with Crippen molar-refractivity contribution in [3.63, 3.8) is 0 Å². The van der Waals surface area contributed by atoms with Crippen LogP contribution in [0.4, 0.5) is 4.39 Å². The molecule has 82 valence electrons. The van der Waals surface area contributed by atoms with Gasteiger partial charge in [-0.15, -0.1) is 0 Å². The summed E-state index contributed by atoms with van der Waals surface area (Å²) in [5.74, 6) is -0.322. The molecule has 3 heteroatoms. The Balaban J connectivity index is 2.42. The van der Waals surface area contributed by atoms with Gasteiger partial charge < -0.3 is 0 Å². The first-order valence-electron chi connectivity index (χ1n) is 5.37. The van der Waals surface area contributed by atoms with Crippen LogP contribution < -0.4 is 0 Å². The van der Waals surface area contributed by atoms with E-state index in [4.69, 9.17) is 0 Å². The molecule has 0 aliphatic heterocycles. The van der Waals surface area contributed by atoms with E-state index in [0.717, 1.165) is 29.8 Å². The van der Waals surface area contributed by atoms with E-state index in [2.05, 4.69) is 16.9 Å². The normalized spacial score (nSPS) is 10.4. The molecule has 0 fully saturated rings. The number of halogens is 1. The Hall–Kier alpha value is -1.77. The average Bonchev–Trinajstić information content (AvgIpc) is 2.32. The number of hydrogen-bond donors (Lipinski definition) is 0. The van der Waals surface area contributed by atoms with Crippen LogP contribution in [0.1, 0.15) is 18.9 Å². The third-order valence-corrected chi connectivity index (χ3v) is 2.38. The zero-order valence-electron chi connectivity index (χ0n) is 9.15. The van der Waals surface area contributed by atoms with E-state index in [-0.39, 0.29) is 5.82 Å². The second kappa shape index (κ2) is 4.84. The monoisotopic (exact) mass is 216 g/mol. The van der Waals surface area contributed by atoms with Crippen molar-refractivity contribution >= 4 is 0 Å². The van der Waals surface area contributed by atoms with Gasteiger partial charge >= 0.3 is 0 Å². The van der Waals surface area contributed by atoms with Crippen LogP contribution in [-0.2, 0) is 6.42 Å². The lowest BCUT2D eigenvalue weighted by molar-refractivity contribution is 0.621. The molecular formula is C13H13FN2. The van der Waals surface area contributed by atoms with Gasteiger partial charge in [0, 0.05) is 6.20 Å². The van der Waals surface area contributed by atoms with Gasteiger partial charge in [-0.2, -0.15) is 0 Å². The summed E-state index contributed by atoms with van der Waals surface area (Å²) in [5.41, 5.74) is 2.74. The molecule has 0 spiro atoms. The van der Waals surface area contributed by atoms with Crippen LogP contribution in [0.15, 0.2) is 36.7 Å². The topological polar surface area (TPSA) is 25.8 Å². The fourth-order valence-corrected chi connectivity index (χ4v) is 1.66. The number of aryl methyl sites for hydroxylation is 1. The third-order valence-electron chi connectivity index (χ3n) is 2.38. The second-order valence-corrected chi connectivity index (χ2v) is 3.62. The van der Waals surface area contributed by atoms with Crippen LogP contribution in [0.5, 0.6) is 0 Å². The van der Waals surface area contributed by atoms with Gasteiger partial charge in [0.2, 0.25) is 0 Å². The smallest absolute Gasteiger partial charge is 0.141 e. The van der Waals surface area contributed by atoms with E-state index in [0.29, 0.717) is 0 Å². The Morgan fingerprint density at radius 3 is 2.75 bits per heavy atom. The summed E-state index contributed by atoms with van der Waals surface area (Å²) in [6, 6.07) is 7.03. The number of rotatable bonds is 3. The van der Waals surface area contributed by atoms with Gasteiger partial charge in [-0.25, -0.2) is 4.39 Å². The van der Waals surface area contributed by atoms with Crippen molar-refractivity contribution in [1.29, 1.82) is 0 Å². The molecule has 0 amide bonds. The van der Waals surface area contributed by atoms with E-state index >= 15 is 0 Å². The number of hydrogen-bond acceptors (Lipinski definition) is 2. The zero-order chi connectivity index (χ0) is 11.4. The highest BCUT2D eigenvalue weighted by Crippen LogP contribution is 2.20. The van der Waals surface area contributed by atoms with Crippen LogP contribution in [-0.4, -0.2) is 9.97 Å². The van der Waals surface area contributed by atoms with Gasteiger partial charge in [0.05, 0.1) is 17.6 Å². The summed E-state index contributed by atoms with van der Waals surface area (Å²) in [6.07, 6.45) is 4.97. The van der Waals surface area contributed by atoms with Gasteiger partial charge in [0.15, 0.2) is 0 Å². The Morgan fingerprint density at radius 1 is 1.19 bits per heavy atom. The molecule has 0 radical (unpaired) electrons. The lowest BCUT2D eigenvalue weighted by Crippen LogP contribution is -1.94. The third kappa shape index (κ3) is 2.24. The first-order valence-corrected chi connectivity index (χ1v) is 5.37. The molecule has 0 unspecified atom stereocenters.